The van der Waals surface area contributed by atoms with Crippen molar-refractivity contribution in [3.63, 3.8) is 0 Å². The molecule has 2 heterocycles. The predicted molar refractivity (Wildman–Crippen MR) is 80.6 cm³/mol. The Kier molecular flexibility index (Phi) is 5.64. The van der Waals surface area contributed by atoms with Crippen molar-refractivity contribution in [2.24, 2.45) is 0 Å². The van der Waals surface area contributed by atoms with Gasteiger partial charge in [-0.05, 0) is 18.7 Å². The average Bonchev–Trinajstić information content (AvgIpc) is 2.93. The van der Waals surface area contributed by atoms with Crippen molar-refractivity contribution >= 4 is 17.2 Å². The summed E-state index contributed by atoms with van der Waals surface area (Å²) in [5.41, 5.74) is 1.78. The Balaban J connectivity index is 1.85. The molecule has 0 spiro atoms. The van der Waals surface area contributed by atoms with Crippen LogP contribution in [0.4, 0.5) is 0 Å². The lowest BCUT2D eigenvalue weighted by Gasteiger charge is -2.04. The van der Waals surface area contributed by atoms with Crippen LogP contribution in [0.1, 0.15) is 12.6 Å². The van der Waals surface area contributed by atoms with Crippen LogP contribution in [0.5, 0.6) is 0 Å². The standard InChI is InChI=1S/C14H18N4OS/c1-2-15-6-7-17-13(19)8-12-10-20-14(18-12)11-4-3-5-16-9-11/h3-5,9-10,15H,2,6-8H2,1H3,(H,17,19). The quantitative estimate of drug-likeness (QED) is 0.758. The summed E-state index contributed by atoms with van der Waals surface area (Å²) in [7, 11) is 0. The molecule has 0 fully saturated rings. The van der Waals surface area contributed by atoms with E-state index in [-0.39, 0.29) is 5.91 Å². The number of nitrogens with zero attached hydrogens (tertiary/aromatic N) is 2. The average molecular weight is 290 g/mol. The van der Waals surface area contributed by atoms with E-state index in [2.05, 4.69) is 20.6 Å². The van der Waals surface area contributed by atoms with Crippen LogP contribution in [-0.4, -0.2) is 35.5 Å². The van der Waals surface area contributed by atoms with E-state index in [4.69, 9.17) is 0 Å². The number of carbonyl (C=O) groups excluding carboxylic acids is 1. The van der Waals surface area contributed by atoms with Crippen LogP contribution >= 0.6 is 11.3 Å². The van der Waals surface area contributed by atoms with Crippen LogP contribution in [0.25, 0.3) is 10.6 Å². The van der Waals surface area contributed by atoms with E-state index in [1.807, 2.05) is 24.4 Å². The molecule has 0 saturated heterocycles. The van der Waals surface area contributed by atoms with Crippen molar-refractivity contribution in [2.45, 2.75) is 13.3 Å². The monoisotopic (exact) mass is 290 g/mol. The van der Waals surface area contributed by atoms with Gasteiger partial charge in [-0.3, -0.25) is 9.78 Å². The Bertz CT molecular complexity index is 541. The van der Waals surface area contributed by atoms with Crippen molar-refractivity contribution in [2.75, 3.05) is 19.6 Å². The fourth-order valence-electron chi connectivity index (χ4n) is 1.70. The molecule has 0 aliphatic heterocycles. The zero-order valence-electron chi connectivity index (χ0n) is 11.4. The number of amides is 1. The minimum Gasteiger partial charge on any atom is -0.354 e. The Morgan fingerprint density at radius 2 is 2.30 bits per heavy atom. The highest BCUT2D eigenvalue weighted by Gasteiger charge is 2.08. The summed E-state index contributed by atoms with van der Waals surface area (Å²) in [6.45, 7) is 4.39. The van der Waals surface area contributed by atoms with Gasteiger partial charge in [0.2, 0.25) is 5.91 Å². The van der Waals surface area contributed by atoms with Crippen molar-refractivity contribution < 1.29 is 4.79 Å². The van der Waals surface area contributed by atoms with E-state index < -0.39 is 0 Å². The van der Waals surface area contributed by atoms with Gasteiger partial charge in [0.1, 0.15) is 5.01 Å². The molecule has 0 radical (unpaired) electrons. The molecule has 20 heavy (non-hydrogen) atoms. The summed E-state index contributed by atoms with van der Waals surface area (Å²) in [5, 5.41) is 8.84. The summed E-state index contributed by atoms with van der Waals surface area (Å²) in [6, 6.07) is 3.84. The molecule has 0 aliphatic carbocycles. The molecule has 6 heteroatoms. The van der Waals surface area contributed by atoms with Gasteiger partial charge >= 0.3 is 0 Å². The predicted octanol–water partition coefficient (Wildman–Crippen LogP) is 1.47. The first-order valence-electron chi connectivity index (χ1n) is 6.62. The summed E-state index contributed by atoms with van der Waals surface area (Å²) in [6.07, 6.45) is 3.83. The number of hydrogen-bond acceptors (Lipinski definition) is 5. The maximum absolute atomic E-state index is 11.7. The minimum absolute atomic E-state index is 0.00550. The SMILES string of the molecule is CCNCCNC(=O)Cc1csc(-c2cccnc2)n1. The number of hydrogen-bond donors (Lipinski definition) is 2. The molecule has 0 atom stereocenters. The number of rotatable bonds is 7. The first-order valence-corrected chi connectivity index (χ1v) is 7.49. The lowest BCUT2D eigenvalue weighted by molar-refractivity contribution is -0.120. The third-order valence-corrected chi connectivity index (χ3v) is 3.62. The third kappa shape index (κ3) is 4.40. The molecular weight excluding hydrogens is 272 g/mol. The van der Waals surface area contributed by atoms with Crippen LogP contribution < -0.4 is 10.6 Å². The highest BCUT2D eigenvalue weighted by atomic mass is 32.1. The van der Waals surface area contributed by atoms with Gasteiger partial charge in [-0.15, -0.1) is 11.3 Å². The van der Waals surface area contributed by atoms with Crippen molar-refractivity contribution in [3.05, 3.63) is 35.6 Å². The maximum atomic E-state index is 11.7. The van der Waals surface area contributed by atoms with Gasteiger partial charge in [-0.25, -0.2) is 4.98 Å². The summed E-state index contributed by atoms with van der Waals surface area (Å²) >= 11 is 1.53. The van der Waals surface area contributed by atoms with Gasteiger partial charge in [0.05, 0.1) is 12.1 Å². The maximum Gasteiger partial charge on any atom is 0.226 e. The molecule has 1 amide bonds. The normalized spacial score (nSPS) is 10.4. The topological polar surface area (TPSA) is 66.9 Å². The molecule has 0 saturated carbocycles. The summed E-state index contributed by atoms with van der Waals surface area (Å²) in [4.78, 5) is 20.3. The number of nitrogens with one attached hydrogen (secondary N) is 2. The summed E-state index contributed by atoms with van der Waals surface area (Å²) < 4.78 is 0. The third-order valence-electron chi connectivity index (χ3n) is 2.68. The number of thiazole rings is 1. The van der Waals surface area contributed by atoms with Gasteiger partial charge in [-0.1, -0.05) is 6.92 Å². The highest BCUT2D eigenvalue weighted by molar-refractivity contribution is 7.13. The number of aromatic nitrogens is 2. The Morgan fingerprint density at radius 3 is 3.05 bits per heavy atom. The smallest absolute Gasteiger partial charge is 0.226 e. The molecule has 106 valence electrons. The largest absolute Gasteiger partial charge is 0.354 e. The van der Waals surface area contributed by atoms with E-state index in [0.717, 1.165) is 29.4 Å². The van der Waals surface area contributed by atoms with Crippen LogP contribution in [0.15, 0.2) is 29.9 Å². The van der Waals surface area contributed by atoms with E-state index in [9.17, 15) is 4.79 Å². The molecule has 2 N–H and O–H groups in total. The second-order valence-electron chi connectivity index (χ2n) is 4.27. The van der Waals surface area contributed by atoms with Crippen LogP contribution in [0.2, 0.25) is 0 Å². The molecule has 0 unspecified atom stereocenters. The molecule has 0 aromatic carbocycles. The highest BCUT2D eigenvalue weighted by Crippen LogP contribution is 2.22. The zero-order chi connectivity index (χ0) is 14.2. The van der Waals surface area contributed by atoms with Crippen LogP contribution in [0.3, 0.4) is 0 Å². The van der Waals surface area contributed by atoms with E-state index in [1.165, 1.54) is 11.3 Å². The minimum atomic E-state index is 0.00550. The molecule has 5 nitrogen and oxygen atoms in total. The fraction of sp³-hybridized carbons (Fsp3) is 0.357. The number of pyridine rings is 1. The van der Waals surface area contributed by atoms with E-state index >= 15 is 0 Å². The van der Waals surface area contributed by atoms with Gasteiger partial charge < -0.3 is 10.6 Å². The second kappa shape index (κ2) is 7.72. The Hall–Kier alpha value is -1.79. The lowest BCUT2D eigenvalue weighted by atomic mass is 10.3. The van der Waals surface area contributed by atoms with Gasteiger partial charge in [0.15, 0.2) is 0 Å². The lowest BCUT2D eigenvalue weighted by Crippen LogP contribution is -2.32. The van der Waals surface area contributed by atoms with Crippen LogP contribution in [-0.2, 0) is 11.2 Å². The molecule has 0 aliphatic rings. The van der Waals surface area contributed by atoms with Crippen LogP contribution in [0, 0.1) is 0 Å². The van der Waals surface area contributed by atoms with Crippen molar-refractivity contribution in [1.82, 2.24) is 20.6 Å². The first kappa shape index (κ1) is 14.6. The molecule has 2 aromatic rings. The van der Waals surface area contributed by atoms with E-state index in [1.54, 1.807) is 12.4 Å². The van der Waals surface area contributed by atoms with Crippen molar-refractivity contribution in [3.8, 4) is 10.6 Å². The van der Waals surface area contributed by atoms with Gasteiger partial charge in [0.25, 0.3) is 0 Å². The molecule has 0 bridgehead atoms. The van der Waals surface area contributed by atoms with Gasteiger partial charge in [-0.2, -0.15) is 0 Å². The molecule has 2 rings (SSSR count). The number of carbonyl (C=O) groups is 1. The fourth-order valence-corrected chi connectivity index (χ4v) is 2.51. The Morgan fingerprint density at radius 1 is 1.40 bits per heavy atom. The molecular formula is C14H18N4OS. The van der Waals surface area contributed by atoms with Gasteiger partial charge in [0, 0.05) is 36.4 Å². The number of likely N-dealkylation sites (N-methyl/N-ethyl adjacent to an activating group) is 1. The van der Waals surface area contributed by atoms with E-state index in [0.29, 0.717) is 13.0 Å². The second-order valence-corrected chi connectivity index (χ2v) is 5.12. The molecule has 2 aromatic heterocycles. The van der Waals surface area contributed by atoms with Crippen molar-refractivity contribution in [1.29, 1.82) is 0 Å². The first-order chi connectivity index (χ1) is 9.79. The Labute approximate surface area is 122 Å². The summed E-state index contributed by atoms with van der Waals surface area (Å²) in [5.74, 6) is 0.00550. The zero-order valence-corrected chi connectivity index (χ0v) is 12.2.